The van der Waals surface area contributed by atoms with E-state index in [1.165, 1.54) is 11.8 Å². The minimum Gasteiger partial charge on any atom is -0.444 e. The van der Waals surface area contributed by atoms with Gasteiger partial charge in [-0.3, -0.25) is 15.1 Å². The molecular weight excluding hydrogens is 460 g/mol. The molecule has 2 heterocycles. The van der Waals surface area contributed by atoms with E-state index >= 15 is 0 Å². The number of fused-ring (bicyclic) bond motifs is 1. The van der Waals surface area contributed by atoms with Crippen LogP contribution in [-0.4, -0.2) is 27.8 Å². The lowest BCUT2D eigenvalue weighted by atomic mass is 10.1. The maximum absolute atomic E-state index is 12.4. The second-order valence-electron chi connectivity index (χ2n) is 8.23. The Bertz CT molecular complexity index is 1310. The molecule has 0 unspecified atom stereocenters. The topological polar surface area (TPSA) is 92.7 Å². The number of halogens is 1. The fraction of sp³-hybridized carbons (Fsp3) is 0.167. The van der Waals surface area contributed by atoms with Crippen LogP contribution in [0.15, 0.2) is 64.6 Å². The molecule has 1 saturated heterocycles. The summed E-state index contributed by atoms with van der Waals surface area (Å²) < 4.78 is 5.23. The van der Waals surface area contributed by atoms with Crippen LogP contribution in [0.25, 0.3) is 17.0 Å². The molecule has 4 rings (SSSR count). The highest BCUT2D eigenvalue weighted by Gasteiger charge is 2.24. The minimum absolute atomic E-state index is 0.232. The van der Waals surface area contributed by atoms with Gasteiger partial charge in [0.25, 0.3) is 5.91 Å². The summed E-state index contributed by atoms with van der Waals surface area (Å²) in [7, 11) is 0. The maximum Gasteiger partial charge on any atom is 0.412 e. The minimum atomic E-state index is -0.605. The largest absolute Gasteiger partial charge is 0.444 e. The van der Waals surface area contributed by atoms with Gasteiger partial charge in [0.15, 0.2) is 5.17 Å². The van der Waals surface area contributed by atoms with E-state index in [2.05, 4.69) is 20.6 Å². The smallest absolute Gasteiger partial charge is 0.412 e. The van der Waals surface area contributed by atoms with E-state index in [-0.39, 0.29) is 5.91 Å². The van der Waals surface area contributed by atoms with Crippen molar-refractivity contribution in [3.05, 3.63) is 70.2 Å². The standard InChI is InChI=1S/C24H21ClN4O3S/c1-24(2,3)32-23(31)27-16-7-9-19(17(25)13-16)28-22-29-21(30)20(33-22)12-14-6-8-18-15(11-14)5-4-10-26-18/h4-13H,1-3H3,(H,27,31)(H,28,29,30)/b20-12-. The van der Waals surface area contributed by atoms with Crippen LogP contribution >= 0.6 is 23.4 Å². The molecule has 1 aromatic heterocycles. The van der Waals surface area contributed by atoms with Gasteiger partial charge in [0.05, 0.1) is 21.1 Å². The van der Waals surface area contributed by atoms with E-state index in [1.54, 1.807) is 45.2 Å². The number of carbonyl (C=O) groups excluding carboxylic acids is 2. The molecule has 2 amide bonds. The Morgan fingerprint density at radius 3 is 2.79 bits per heavy atom. The van der Waals surface area contributed by atoms with Crippen LogP contribution in [0.1, 0.15) is 26.3 Å². The van der Waals surface area contributed by atoms with E-state index < -0.39 is 11.7 Å². The number of carbonyl (C=O) groups is 2. The van der Waals surface area contributed by atoms with Gasteiger partial charge in [0, 0.05) is 17.3 Å². The van der Waals surface area contributed by atoms with Crippen molar-refractivity contribution < 1.29 is 14.3 Å². The molecule has 0 radical (unpaired) electrons. The summed E-state index contributed by atoms with van der Waals surface area (Å²) in [6.45, 7) is 5.35. The number of nitrogens with one attached hydrogen (secondary N) is 2. The van der Waals surface area contributed by atoms with Gasteiger partial charge >= 0.3 is 6.09 Å². The zero-order valence-electron chi connectivity index (χ0n) is 18.2. The first kappa shape index (κ1) is 22.8. The van der Waals surface area contributed by atoms with E-state index in [1.807, 2.05) is 36.4 Å². The summed E-state index contributed by atoms with van der Waals surface area (Å²) in [5, 5.41) is 7.13. The summed E-state index contributed by atoms with van der Waals surface area (Å²) in [4.78, 5) is 33.6. The summed E-state index contributed by atoms with van der Waals surface area (Å²) >= 11 is 7.57. The third-order valence-corrected chi connectivity index (χ3v) is 5.60. The fourth-order valence-corrected chi connectivity index (χ4v) is 4.08. The van der Waals surface area contributed by atoms with Gasteiger partial charge in [-0.2, -0.15) is 0 Å². The average Bonchev–Trinajstić information content (AvgIpc) is 3.07. The van der Waals surface area contributed by atoms with Crippen LogP contribution < -0.4 is 10.6 Å². The number of aromatic nitrogens is 1. The Morgan fingerprint density at radius 2 is 2.03 bits per heavy atom. The first-order chi connectivity index (χ1) is 15.7. The molecule has 33 heavy (non-hydrogen) atoms. The van der Waals surface area contributed by atoms with Crippen molar-refractivity contribution >= 4 is 68.9 Å². The lowest BCUT2D eigenvalue weighted by Gasteiger charge is -2.19. The molecule has 0 saturated carbocycles. The highest BCUT2D eigenvalue weighted by molar-refractivity contribution is 8.18. The molecule has 7 nitrogen and oxygen atoms in total. The number of rotatable bonds is 3. The fourth-order valence-electron chi connectivity index (χ4n) is 3.02. The number of hydrogen-bond acceptors (Lipinski definition) is 6. The molecule has 1 fully saturated rings. The number of hydrogen-bond donors (Lipinski definition) is 2. The molecule has 2 aromatic carbocycles. The second kappa shape index (κ2) is 9.25. The molecule has 0 aliphatic carbocycles. The summed E-state index contributed by atoms with van der Waals surface area (Å²) in [5.74, 6) is -0.232. The van der Waals surface area contributed by atoms with Gasteiger partial charge < -0.3 is 10.1 Å². The number of benzene rings is 2. The second-order valence-corrected chi connectivity index (χ2v) is 9.67. The number of pyridine rings is 1. The lowest BCUT2D eigenvalue weighted by molar-refractivity contribution is -0.115. The van der Waals surface area contributed by atoms with E-state index in [9.17, 15) is 9.59 Å². The van der Waals surface area contributed by atoms with Gasteiger partial charge in [-0.15, -0.1) is 0 Å². The van der Waals surface area contributed by atoms with Crippen molar-refractivity contribution in [1.82, 2.24) is 10.3 Å². The Labute approximate surface area is 200 Å². The van der Waals surface area contributed by atoms with Crippen LogP contribution in [0.2, 0.25) is 5.02 Å². The van der Waals surface area contributed by atoms with Gasteiger partial charge in [0.1, 0.15) is 5.60 Å². The predicted molar refractivity (Wildman–Crippen MR) is 134 cm³/mol. The SMILES string of the molecule is CC(C)(C)OC(=O)Nc1ccc(N=C2NC(=O)/C(=C/c3ccc4ncccc4c3)S2)c(Cl)c1. The summed E-state index contributed by atoms with van der Waals surface area (Å²) in [6.07, 6.45) is 2.98. The van der Waals surface area contributed by atoms with Crippen LogP contribution in [0.5, 0.6) is 0 Å². The molecule has 0 atom stereocenters. The number of thioether (sulfide) groups is 1. The molecule has 3 aromatic rings. The third-order valence-electron chi connectivity index (χ3n) is 4.39. The van der Waals surface area contributed by atoms with E-state index in [0.717, 1.165) is 16.5 Å². The molecule has 1 aliphatic rings. The van der Waals surface area contributed by atoms with E-state index in [4.69, 9.17) is 16.3 Å². The first-order valence-corrected chi connectivity index (χ1v) is 11.3. The number of aliphatic imine (C=N–C) groups is 1. The highest BCUT2D eigenvalue weighted by atomic mass is 35.5. The number of amides is 2. The predicted octanol–water partition coefficient (Wildman–Crippen LogP) is 6.13. The third kappa shape index (κ3) is 5.91. The van der Waals surface area contributed by atoms with Crippen LogP contribution in [0, 0.1) is 0 Å². The quantitative estimate of drug-likeness (QED) is 0.440. The summed E-state index contributed by atoms with van der Waals surface area (Å²) in [5.41, 5.74) is 2.13. The zero-order chi connectivity index (χ0) is 23.6. The van der Waals surface area contributed by atoms with Crippen molar-refractivity contribution in [3.63, 3.8) is 0 Å². The Kier molecular flexibility index (Phi) is 6.40. The molecule has 2 N–H and O–H groups in total. The molecule has 9 heteroatoms. The Hall–Kier alpha value is -3.36. The number of nitrogens with zero attached hydrogens (tertiary/aromatic N) is 2. The van der Waals surface area contributed by atoms with Crippen LogP contribution in [0.3, 0.4) is 0 Å². The zero-order valence-corrected chi connectivity index (χ0v) is 19.8. The van der Waals surface area contributed by atoms with Gasteiger partial charge in [-0.05, 0) is 80.6 Å². The molecule has 0 bridgehead atoms. The monoisotopic (exact) mass is 480 g/mol. The van der Waals surface area contributed by atoms with Crippen molar-refractivity contribution in [2.75, 3.05) is 5.32 Å². The van der Waals surface area contributed by atoms with Crippen molar-refractivity contribution in [2.45, 2.75) is 26.4 Å². The van der Waals surface area contributed by atoms with Gasteiger partial charge in [-0.1, -0.05) is 23.7 Å². The summed E-state index contributed by atoms with van der Waals surface area (Å²) in [6, 6.07) is 14.6. The van der Waals surface area contributed by atoms with Gasteiger partial charge in [-0.25, -0.2) is 9.79 Å². The Morgan fingerprint density at radius 1 is 1.21 bits per heavy atom. The maximum atomic E-state index is 12.4. The molecule has 1 aliphatic heterocycles. The highest BCUT2D eigenvalue weighted by Crippen LogP contribution is 2.33. The molecule has 168 valence electrons. The molecule has 0 spiro atoms. The first-order valence-electron chi connectivity index (χ1n) is 10.1. The normalized spacial score (nSPS) is 16.3. The van der Waals surface area contributed by atoms with Crippen molar-refractivity contribution in [1.29, 1.82) is 0 Å². The van der Waals surface area contributed by atoms with Crippen LogP contribution in [-0.2, 0) is 9.53 Å². The van der Waals surface area contributed by atoms with Crippen molar-refractivity contribution in [2.24, 2.45) is 4.99 Å². The number of anilines is 1. The molecular formula is C24H21ClN4O3S. The van der Waals surface area contributed by atoms with E-state index in [0.29, 0.717) is 26.5 Å². The Balaban J connectivity index is 1.49. The van der Waals surface area contributed by atoms with Crippen LogP contribution in [0.4, 0.5) is 16.2 Å². The lowest BCUT2D eigenvalue weighted by Crippen LogP contribution is -2.27. The average molecular weight is 481 g/mol. The van der Waals surface area contributed by atoms with Gasteiger partial charge in [0.2, 0.25) is 0 Å². The number of amidine groups is 1. The van der Waals surface area contributed by atoms with Crippen molar-refractivity contribution in [3.8, 4) is 0 Å². The number of ether oxygens (including phenoxy) is 1.